The fraction of sp³-hybridized carbons (Fsp3) is 0.333. The fourth-order valence-electron chi connectivity index (χ4n) is 2.41. The smallest absolute Gasteiger partial charge is 0.253 e. The molecule has 0 spiro atoms. The van der Waals surface area contributed by atoms with E-state index in [9.17, 15) is 9.18 Å². The van der Waals surface area contributed by atoms with Crippen LogP contribution in [0.1, 0.15) is 29.4 Å². The van der Waals surface area contributed by atoms with E-state index < -0.39 is 5.25 Å². The van der Waals surface area contributed by atoms with Gasteiger partial charge in [0.05, 0.1) is 5.25 Å². The van der Waals surface area contributed by atoms with Gasteiger partial charge in [0.1, 0.15) is 5.82 Å². The maximum atomic E-state index is 13.6. The molecule has 1 atom stereocenters. The Labute approximate surface area is 155 Å². The molecule has 2 heterocycles. The summed E-state index contributed by atoms with van der Waals surface area (Å²) in [5.41, 5.74) is 3.90. The molecule has 136 valence electrons. The van der Waals surface area contributed by atoms with Gasteiger partial charge in [-0.2, -0.15) is 4.98 Å². The quantitative estimate of drug-likeness (QED) is 0.707. The van der Waals surface area contributed by atoms with Crippen LogP contribution in [0.25, 0.3) is 5.78 Å². The molecule has 0 radical (unpaired) electrons. The fourth-order valence-corrected chi connectivity index (χ4v) is 3.16. The van der Waals surface area contributed by atoms with Crippen molar-refractivity contribution in [2.24, 2.45) is 0 Å². The predicted molar refractivity (Wildman–Crippen MR) is 100 cm³/mol. The Hall–Kier alpha value is -2.48. The zero-order valence-corrected chi connectivity index (χ0v) is 16.1. The molecule has 0 fully saturated rings. The van der Waals surface area contributed by atoms with Crippen LogP contribution in [0.2, 0.25) is 0 Å². The number of aromatic nitrogens is 4. The molecule has 1 amide bonds. The van der Waals surface area contributed by atoms with Gasteiger partial charge in [-0.25, -0.2) is 13.9 Å². The van der Waals surface area contributed by atoms with Gasteiger partial charge in [0, 0.05) is 17.1 Å². The molecule has 3 rings (SSSR count). The van der Waals surface area contributed by atoms with Gasteiger partial charge in [-0.15, -0.1) is 5.10 Å². The first-order valence-corrected chi connectivity index (χ1v) is 9.08. The van der Waals surface area contributed by atoms with Crippen molar-refractivity contribution in [3.63, 3.8) is 0 Å². The number of benzene rings is 1. The van der Waals surface area contributed by atoms with E-state index in [-0.39, 0.29) is 11.7 Å². The van der Waals surface area contributed by atoms with Crippen molar-refractivity contribution in [2.75, 3.05) is 5.32 Å². The largest absolute Gasteiger partial charge is 0.325 e. The number of hydrogen-bond acceptors (Lipinski definition) is 5. The Morgan fingerprint density at radius 3 is 2.65 bits per heavy atom. The van der Waals surface area contributed by atoms with Crippen LogP contribution in [-0.2, 0) is 4.79 Å². The van der Waals surface area contributed by atoms with Crippen LogP contribution in [-0.4, -0.2) is 30.7 Å². The molecule has 3 aromatic rings. The highest BCUT2D eigenvalue weighted by Gasteiger charge is 2.19. The molecule has 0 aliphatic carbocycles. The zero-order chi connectivity index (χ0) is 19.0. The summed E-state index contributed by atoms with van der Waals surface area (Å²) in [5.74, 6) is -0.0760. The number of nitrogens with zero attached hydrogens (tertiary/aromatic N) is 4. The number of carbonyl (C=O) groups is 1. The molecule has 1 aromatic carbocycles. The number of hydrogen-bond donors (Lipinski definition) is 1. The predicted octanol–water partition coefficient (Wildman–Crippen LogP) is 3.62. The van der Waals surface area contributed by atoms with Gasteiger partial charge in [-0.3, -0.25) is 4.79 Å². The van der Waals surface area contributed by atoms with E-state index in [0.29, 0.717) is 22.2 Å². The van der Waals surface area contributed by atoms with Crippen LogP contribution >= 0.6 is 11.8 Å². The van der Waals surface area contributed by atoms with Crippen molar-refractivity contribution >= 4 is 29.1 Å². The summed E-state index contributed by atoms with van der Waals surface area (Å²) in [6.07, 6.45) is 0. The number of amides is 1. The number of rotatable bonds is 4. The SMILES string of the molecule is Cc1ccc(NC(=O)[C@@H](C)Sc2nc3nc(C)c(C)c(C)n3n2)cc1F. The van der Waals surface area contributed by atoms with Gasteiger partial charge >= 0.3 is 0 Å². The minimum Gasteiger partial charge on any atom is -0.325 e. The molecule has 0 saturated heterocycles. The lowest BCUT2D eigenvalue weighted by molar-refractivity contribution is -0.115. The standard InChI is InChI=1S/C18H20FN5OS/c1-9-6-7-14(8-15(9)19)21-16(25)13(5)26-18-22-17-20-11(3)10(2)12(4)24(17)23-18/h6-8,13H,1-5H3,(H,21,25)/t13-/m1/s1. The van der Waals surface area contributed by atoms with E-state index >= 15 is 0 Å². The van der Waals surface area contributed by atoms with Crippen LogP contribution < -0.4 is 5.32 Å². The molecule has 2 aromatic heterocycles. The molecule has 0 aliphatic rings. The number of nitrogens with one attached hydrogen (secondary N) is 1. The van der Waals surface area contributed by atoms with E-state index in [1.54, 1.807) is 30.5 Å². The molecule has 0 unspecified atom stereocenters. The maximum Gasteiger partial charge on any atom is 0.253 e. The van der Waals surface area contributed by atoms with E-state index in [1.165, 1.54) is 17.8 Å². The topological polar surface area (TPSA) is 72.2 Å². The second-order valence-electron chi connectivity index (χ2n) is 6.23. The first-order chi connectivity index (χ1) is 12.3. The van der Waals surface area contributed by atoms with Gasteiger partial charge in [-0.05, 0) is 57.9 Å². The Morgan fingerprint density at radius 1 is 1.23 bits per heavy atom. The van der Waals surface area contributed by atoms with E-state index in [1.807, 2.05) is 20.8 Å². The van der Waals surface area contributed by atoms with Crippen molar-refractivity contribution in [3.05, 3.63) is 46.5 Å². The molecule has 0 saturated carbocycles. The normalized spacial score (nSPS) is 12.4. The Bertz CT molecular complexity index is 1000. The molecule has 8 heteroatoms. The number of aryl methyl sites for hydroxylation is 3. The summed E-state index contributed by atoms with van der Waals surface area (Å²) in [6, 6.07) is 4.62. The third-order valence-electron chi connectivity index (χ3n) is 4.33. The third-order valence-corrected chi connectivity index (χ3v) is 5.28. The first kappa shape index (κ1) is 18.3. The molecule has 26 heavy (non-hydrogen) atoms. The Morgan fingerprint density at radius 2 is 1.96 bits per heavy atom. The molecule has 1 N–H and O–H groups in total. The van der Waals surface area contributed by atoms with Crippen molar-refractivity contribution < 1.29 is 9.18 Å². The van der Waals surface area contributed by atoms with Crippen molar-refractivity contribution in [1.82, 2.24) is 19.6 Å². The Kier molecular flexibility index (Phi) is 4.95. The van der Waals surface area contributed by atoms with Crippen molar-refractivity contribution in [3.8, 4) is 0 Å². The van der Waals surface area contributed by atoms with E-state index in [4.69, 9.17) is 0 Å². The van der Waals surface area contributed by atoms with Crippen LogP contribution in [0.4, 0.5) is 10.1 Å². The Balaban J connectivity index is 1.75. The summed E-state index contributed by atoms with van der Waals surface area (Å²) in [7, 11) is 0. The molecular weight excluding hydrogens is 353 g/mol. The van der Waals surface area contributed by atoms with Gasteiger partial charge in [0.2, 0.25) is 11.1 Å². The van der Waals surface area contributed by atoms with Crippen molar-refractivity contribution in [1.29, 1.82) is 0 Å². The van der Waals surface area contributed by atoms with Gasteiger partial charge < -0.3 is 5.32 Å². The average Bonchev–Trinajstić information content (AvgIpc) is 2.98. The number of anilines is 1. The lowest BCUT2D eigenvalue weighted by Crippen LogP contribution is -2.22. The van der Waals surface area contributed by atoms with E-state index in [2.05, 4.69) is 20.4 Å². The monoisotopic (exact) mass is 373 g/mol. The molecule has 0 aliphatic heterocycles. The second kappa shape index (κ2) is 7.03. The zero-order valence-electron chi connectivity index (χ0n) is 15.3. The average molecular weight is 373 g/mol. The number of thioether (sulfide) groups is 1. The van der Waals surface area contributed by atoms with Crippen LogP contribution in [0.15, 0.2) is 23.4 Å². The van der Waals surface area contributed by atoms with Crippen LogP contribution in [0.5, 0.6) is 0 Å². The van der Waals surface area contributed by atoms with Crippen LogP contribution in [0.3, 0.4) is 0 Å². The highest BCUT2D eigenvalue weighted by Crippen LogP contribution is 2.23. The lowest BCUT2D eigenvalue weighted by atomic mass is 10.2. The highest BCUT2D eigenvalue weighted by molar-refractivity contribution is 8.00. The molecule has 0 bridgehead atoms. The van der Waals surface area contributed by atoms with Gasteiger partial charge in [0.15, 0.2) is 0 Å². The molecular formula is C18H20FN5OS. The van der Waals surface area contributed by atoms with Crippen molar-refractivity contribution in [2.45, 2.75) is 45.0 Å². The number of carbonyl (C=O) groups excluding carboxylic acids is 1. The summed E-state index contributed by atoms with van der Waals surface area (Å²) < 4.78 is 15.3. The van der Waals surface area contributed by atoms with E-state index in [0.717, 1.165) is 17.0 Å². The minimum atomic E-state index is -0.445. The first-order valence-electron chi connectivity index (χ1n) is 8.20. The summed E-state index contributed by atoms with van der Waals surface area (Å²) in [4.78, 5) is 21.2. The second-order valence-corrected chi connectivity index (χ2v) is 7.54. The maximum absolute atomic E-state index is 13.6. The third kappa shape index (κ3) is 3.55. The number of fused-ring (bicyclic) bond motifs is 1. The summed E-state index contributed by atoms with van der Waals surface area (Å²) in [6.45, 7) is 9.31. The van der Waals surface area contributed by atoms with Gasteiger partial charge in [0.25, 0.3) is 5.78 Å². The summed E-state index contributed by atoms with van der Waals surface area (Å²) >= 11 is 1.24. The summed E-state index contributed by atoms with van der Waals surface area (Å²) in [5, 5.41) is 7.18. The van der Waals surface area contributed by atoms with Gasteiger partial charge in [-0.1, -0.05) is 17.8 Å². The number of halogens is 1. The van der Waals surface area contributed by atoms with Crippen LogP contribution in [0, 0.1) is 33.5 Å². The minimum absolute atomic E-state index is 0.242. The highest BCUT2D eigenvalue weighted by atomic mass is 32.2. The molecule has 6 nitrogen and oxygen atoms in total. The lowest BCUT2D eigenvalue weighted by Gasteiger charge is -2.10.